The van der Waals surface area contributed by atoms with Crippen LogP contribution in [0, 0.1) is 0 Å². The number of hydrogen-bond acceptors (Lipinski definition) is 3. The summed E-state index contributed by atoms with van der Waals surface area (Å²) in [7, 11) is 0. The molecule has 0 bridgehead atoms. The lowest BCUT2D eigenvalue weighted by Gasteiger charge is -2.35. The van der Waals surface area contributed by atoms with Gasteiger partial charge in [-0.05, 0) is 31.2 Å². The minimum Gasteiger partial charge on any atom is -0.480 e. The molecule has 0 saturated heterocycles. The second-order valence-corrected chi connectivity index (χ2v) is 6.10. The summed E-state index contributed by atoms with van der Waals surface area (Å²) in [5.41, 5.74) is -0.518. The summed E-state index contributed by atoms with van der Waals surface area (Å²) >= 11 is 1.58. The second-order valence-electron chi connectivity index (χ2n) is 5.15. The molecule has 1 aliphatic carbocycles. The van der Waals surface area contributed by atoms with Crippen molar-refractivity contribution in [2.75, 3.05) is 0 Å². The number of rotatable bonds is 4. The molecule has 104 valence electrons. The fourth-order valence-corrected chi connectivity index (χ4v) is 3.67. The van der Waals surface area contributed by atoms with Crippen LogP contribution in [0.25, 0.3) is 0 Å². The van der Waals surface area contributed by atoms with Crippen LogP contribution >= 0.6 is 11.3 Å². The zero-order valence-corrected chi connectivity index (χ0v) is 11.8. The summed E-state index contributed by atoms with van der Waals surface area (Å²) in [6.45, 7) is 1.51. The van der Waals surface area contributed by atoms with Crippen LogP contribution in [-0.4, -0.2) is 23.0 Å². The molecule has 0 aliphatic heterocycles. The fraction of sp³-hybridized carbons (Fsp3) is 0.571. The van der Waals surface area contributed by atoms with Crippen molar-refractivity contribution in [2.45, 2.75) is 50.5 Å². The molecule has 0 radical (unpaired) electrons. The maximum Gasteiger partial charge on any atom is 0.325 e. The van der Waals surface area contributed by atoms with E-state index < -0.39 is 17.4 Å². The highest BCUT2D eigenvalue weighted by molar-refractivity contribution is 7.10. The first-order valence-electron chi connectivity index (χ1n) is 6.64. The minimum absolute atomic E-state index is 0.135. The molecule has 2 N–H and O–H groups in total. The van der Waals surface area contributed by atoms with E-state index in [1.54, 1.807) is 11.3 Å². The van der Waals surface area contributed by atoms with E-state index in [0.717, 1.165) is 37.0 Å². The maximum absolute atomic E-state index is 12.6. The fourth-order valence-electron chi connectivity index (χ4n) is 2.69. The Morgan fingerprint density at radius 3 is 2.58 bits per heavy atom. The Morgan fingerprint density at radius 1 is 1.37 bits per heavy atom. The standard InChI is InChI=1S/C14H19NO3S/c1-10(12(16)17)15-13(18)14(7-3-2-4-8-14)11-6-5-9-19-11/h5-6,9-10H,2-4,7-8H2,1H3,(H,15,18)(H,16,17). The van der Waals surface area contributed by atoms with Crippen LogP contribution in [0.1, 0.15) is 43.9 Å². The van der Waals surface area contributed by atoms with E-state index in [1.165, 1.54) is 6.92 Å². The Kier molecular flexibility index (Phi) is 4.24. The van der Waals surface area contributed by atoms with Gasteiger partial charge in [-0.3, -0.25) is 9.59 Å². The number of carbonyl (C=O) groups is 2. The molecule has 1 unspecified atom stereocenters. The van der Waals surface area contributed by atoms with E-state index >= 15 is 0 Å². The highest BCUT2D eigenvalue weighted by atomic mass is 32.1. The summed E-state index contributed by atoms with van der Waals surface area (Å²) < 4.78 is 0. The normalized spacial score (nSPS) is 19.6. The number of carboxylic acids is 1. The predicted molar refractivity (Wildman–Crippen MR) is 74.3 cm³/mol. The van der Waals surface area contributed by atoms with Crippen LogP contribution in [0.5, 0.6) is 0 Å². The molecule has 0 aromatic carbocycles. The van der Waals surface area contributed by atoms with Gasteiger partial charge in [-0.15, -0.1) is 11.3 Å². The third-order valence-corrected chi connectivity index (χ3v) is 4.93. The van der Waals surface area contributed by atoms with Crippen LogP contribution in [0.3, 0.4) is 0 Å². The molecule has 1 aliphatic rings. The Hall–Kier alpha value is -1.36. The Balaban J connectivity index is 2.23. The van der Waals surface area contributed by atoms with Crippen LogP contribution in [0.2, 0.25) is 0 Å². The number of aliphatic carboxylic acids is 1. The van der Waals surface area contributed by atoms with E-state index in [1.807, 2.05) is 17.5 Å². The monoisotopic (exact) mass is 281 g/mol. The number of hydrogen-bond donors (Lipinski definition) is 2. The molecular formula is C14H19NO3S. The molecule has 0 spiro atoms. The number of thiophene rings is 1. The largest absolute Gasteiger partial charge is 0.480 e. The molecule has 1 aromatic rings. The number of carbonyl (C=O) groups excluding carboxylic acids is 1. The summed E-state index contributed by atoms with van der Waals surface area (Å²) in [6, 6.07) is 3.09. The van der Waals surface area contributed by atoms with Gasteiger partial charge < -0.3 is 10.4 Å². The van der Waals surface area contributed by atoms with E-state index in [4.69, 9.17) is 5.11 Å². The molecule has 1 fully saturated rings. The van der Waals surface area contributed by atoms with Gasteiger partial charge in [0.05, 0.1) is 5.41 Å². The van der Waals surface area contributed by atoms with Gasteiger partial charge in [0.2, 0.25) is 5.91 Å². The van der Waals surface area contributed by atoms with Crippen molar-refractivity contribution in [3.63, 3.8) is 0 Å². The third kappa shape index (κ3) is 2.81. The summed E-state index contributed by atoms with van der Waals surface area (Å²) in [4.78, 5) is 24.5. The highest BCUT2D eigenvalue weighted by Crippen LogP contribution is 2.41. The van der Waals surface area contributed by atoms with E-state index in [2.05, 4.69) is 5.32 Å². The lowest BCUT2D eigenvalue weighted by atomic mass is 9.72. The van der Waals surface area contributed by atoms with Crippen molar-refractivity contribution in [1.82, 2.24) is 5.32 Å². The summed E-state index contributed by atoms with van der Waals surface area (Å²) in [6.07, 6.45) is 4.81. The van der Waals surface area contributed by atoms with E-state index in [0.29, 0.717) is 0 Å². The van der Waals surface area contributed by atoms with Crippen molar-refractivity contribution in [3.05, 3.63) is 22.4 Å². The van der Waals surface area contributed by atoms with Crippen molar-refractivity contribution in [2.24, 2.45) is 0 Å². The molecule has 4 nitrogen and oxygen atoms in total. The average molecular weight is 281 g/mol. The number of amides is 1. The zero-order valence-electron chi connectivity index (χ0n) is 11.0. The first-order chi connectivity index (χ1) is 9.06. The SMILES string of the molecule is CC(NC(=O)C1(c2cccs2)CCCCC1)C(=O)O. The van der Waals surface area contributed by atoms with Crippen LogP contribution in [-0.2, 0) is 15.0 Å². The maximum atomic E-state index is 12.6. The molecule has 5 heteroatoms. The molecular weight excluding hydrogens is 262 g/mol. The van der Waals surface area contributed by atoms with Gasteiger partial charge in [0, 0.05) is 4.88 Å². The van der Waals surface area contributed by atoms with Crippen LogP contribution < -0.4 is 5.32 Å². The summed E-state index contributed by atoms with van der Waals surface area (Å²) in [5, 5.41) is 13.5. The molecule has 1 amide bonds. The van der Waals surface area contributed by atoms with Gasteiger partial charge in [0.1, 0.15) is 6.04 Å². The average Bonchev–Trinajstić information content (AvgIpc) is 2.93. The van der Waals surface area contributed by atoms with E-state index in [9.17, 15) is 9.59 Å². The smallest absolute Gasteiger partial charge is 0.325 e. The Bertz CT molecular complexity index is 449. The van der Waals surface area contributed by atoms with Gasteiger partial charge in [-0.2, -0.15) is 0 Å². The topological polar surface area (TPSA) is 66.4 Å². The quantitative estimate of drug-likeness (QED) is 0.891. The molecule has 1 heterocycles. The van der Waals surface area contributed by atoms with Gasteiger partial charge in [-0.1, -0.05) is 25.3 Å². The van der Waals surface area contributed by atoms with Gasteiger partial charge in [0.15, 0.2) is 0 Å². The highest BCUT2D eigenvalue weighted by Gasteiger charge is 2.42. The van der Waals surface area contributed by atoms with Gasteiger partial charge >= 0.3 is 5.97 Å². The third-order valence-electron chi connectivity index (χ3n) is 3.85. The lowest BCUT2D eigenvalue weighted by Crippen LogP contribution is -2.50. The van der Waals surface area contributed by atoms with Crippen LogP contribution in [0.4, 0.5) is 0 Å². The van der Waals surface area contributed by atoms with Gasteiger partial charge in [-0.25, -0.2) is 0 Å². The van der Waals surface area contributed by atoms with Crippen molar-refractivity contribution in [3.8, 4) is 0 Å². The van der Waals surface area contributed by atoms with Crippen LogP contribution in [0.15, 0.2) is 17.5 Å². The number of nitrogens with one attached hydrogen (secondary N) is 1. The Morgan fingerprint density at radius 2 is 2.05 bits per heavy atom. The molecule has 19 heavy (non-hydrogen) atoms. The van der Waals surface area contributed by atoms with Crippen molar-refractivity contribution < 1.29 is 14.7 Å². The van der Waals surface area contributed by atoms with Gasteiger partial charge in [0.25, 0.3) is 0 Å². The first kappa shape index (κ1) is 14.1. The number of carboxylic acid groups (broad SMARTS) is 1. The molecule has 1 atom stereocenters. The molecule has 1 aromatic heterocycles. The lowest BCUT2D eigenvalue weighted by molar-refractivity contribution is -0.142. The zero-order chi connectivity index (χ0) is 13.9. The molecule has 2 rings (SSSR count). The minimum atomic E-state index is -0.995. The molecule has 1 saturated carbocycles. The van der Waals surface area contributed by atoms with Crippen molar-refractivity contribution >= 4 is 23.2 Å². The summed E-state index contributed by atoms with van der Waals surface area (Å²) in [5.74, 6) is -1.13. The second kappa shape index (κ2) is 5.74. The van der Waals surface area contributed by atoms with E-state index in [-0.39, 0.29) is 5.91 Å². The van der Waals surface area contributed by atoms with Crippen molar-refractivity contribution in [1.29, 1.82) is 0 Å². The predicted octanol–water partition coefficient (Wildman–Crippen LogP) is 2.54. The first-order valence-corrected chi connectivity index (χ1v) is 7.52. The Labute approximate surface area is 116 Å².